The molecule has 3 heterocycles. The van der Waals surface area contributed by atoms with Gasteiger partial charge < -0.3 is 28.9 Å². The van der Waals surface area contributed by atoms with Crippen molar-refractivity contribution in [3.63, 3.8) is 0 Å². The molecular formula is C58H40N6O3. The Morgan fingerprint density at radius 3 is 0.940 bits per heavy atom. The van der Waals surface area contributed by atoms with Gasteiger partial charge in [-0.15, -0.1) is 0 Å². The van der Waals surface area contributed by atoms with Crippen LogP contribution in [-0.2, 0) is 6.54 Å². The van der Waals surface area contributed by atoms with Gasteiger partial charge in [0.2, 0.25) is 0 Å². The van der Waals surface area contributed by atoms with Crippen LogP contribution in [0.3, 0.4) is 0 Å². The van der Waals surface area contributed by atoms with E-state index in [1.54, 1.807) is 0 Å². The predicted molar refractivity (Wildman–Crippen MR) is 270 cm³/mol. The van der Waals surface area contributed by atoms with Gasteiger partial charge in [0.15, 0.2) is 46.2 Å². The van der Waals surface area contributed by atoms with Crippen LogP contribution < -0.4 is 28.9 Å². The number of para-hydroxylation sites is 12. The molecule has 0 N–H and O–H groups in total. The highest BCUT2D eigenvalue weighted by Gasteiger charge is 2.28. The van der Waals surface area contributed by atoms with Crippen LogP contribution in [-0.4, -0.2) is 18.4 Å². The Kier molecular flexibility index (Phi) is 9.83. The molecule has 9 heteroatoms. The Hall–Kier alpha value is -9.21. The Balaban J connectivity index is 0.900. The van der Waals surface area contributed by atoms with Gasteiger partial charge in [0, 0.05) is 28.2 Å². The van der Waals surface area contributed by atoms with Crippen LogP contribution in [0.25, 0.3) is 0 Å². The lowest BCUT2D eigenvalue weighted by molar-refractivity contribution is 0.477. The first-order valence-corrected chi connectivity index (χ1v) is 22.0. The van der Waals surface area contributed by atoms with E-state index in [4.69, 9.17) is 24.2 Å². The second-order valence-electron chi connectivity index (χ2n) is 16.1. The third-order valence-electron chi connectivity index (χ3n) is 12.0. The molecule has 0 aliphatic carbocycles. The summed E-state index contributed by atoms with van der Waals surface area (Å²) in [6, 6.07) is 73.5. The number of hydrogen-bond donors (Lipinski definition) is 0. The van der Waals surface area contributed by atoms with E-state index in [0.717, 1.165) is 102 Å². The molecule has 0 saturated heterocycles. The fraction of sp³-hybridized carbons (Fsp3) is 0.0172. The Labute approximate surface area is 388 Å². The van der Waals surface area contributed by atoms with Crippen LogP contribution in [0.1, 0.15) is 16.7 Å². The standard InChI is InChI=1S/C58H40N6O3/c1-59-57(40-28-34-43(35-29-40)63-47-16-4-10-22-53(47)66-54-23-11-5-17-48(54)63)61-58(41-30-36-44(37-31-41)64-49-18-6-12-24-55(49)67-56-25-13-7-19-50(56)64)60-38-39-26-32-42(33-27-39)62-45-14-2-8-20-51(45)65-52-21-9-3-15-46(52)62/h2-37H,1,38H2. The van der Waals surface area contributed by atoms with E-state index in [1.165, 1.54) is 0 Å². The molecule has 9 aromatic rings. The first kappa shape index (κ1) is 39.4. The van der Waals surface area contributed by atoms with Crippen LogP contribution in [0, 0.1) is 0 Å². The van der Waals surface area contributed by atoms with Gasteiger partial charge in [0.25, 0.3) is 0 Å². The lowest BCUT2D eigenvalue weighted by Gasteiger charge is -2.32. The van der Waals surface area contributed by atoms with Crippen LogP contribution in [0.2, 0.25) is 0 Å². The van der Waals surface area contributed by atoms with Crippen molar-refractivity contribution in [3.8, 4) is 34.5 Å². The number of anilines is 9. The largest absolute Gasteiger partial charge is 0.453 e. The fourth-order valence-corrected chi connectivity index (χ4v) is 8.87. The average molecular weight is 869 g/mol. The molecule has 0 bridgehead atoms. The van der Waals surface area contributed by atoms with Crippen molar-refractivity contribution in [2.45, 2.75) is 6.54 Å². The molecule has 0 amide bonds. The molecular weight excluding hydrogens is 829 g/mol. The molecule has 0 unspecified atom stereocenters. The molecule has 0 saturated carbocycles. The normalized spacial score (nSPS) is 13.3. The second kappa shape index (κ2) is 16.7. The fourth-order valence-electron chi connectivity index (χ4n) is 8.87. The van der Waals surface area contributed by atoms with E-state index < -0.39 is 0 Å². The zero-order valence-electron chi connectivity index (χ0n) is 36.1. The van der Waals surface area contributed by atoms with Gasteiger partial charge in [0.05, 0.1) is 40.7 Å². The second-order valence-corrected chi connectivity index (χ2v) is 16.1. The molecule has 320 valence electrons. The Morgan fingerprint density at radius 2 is 0.627 bits per heavy atom. The van der Waals surface area contributed by atoms with Crippen molar-refractivity contribution in [1.29, 1.82) is 0 Å². The minimum Gasteiger partial charge on any atom is -0.453 e. The van der Waals surface area contributed by atoms with Crippen molar-refractivity contribution >= 4 is 69.6 Å². The highest BCUT2D eigenvalue weighted by Crippen LogP contribution is 2.52. The Morgan fingerprint density at radius 1 is 0.343 bits per heavy atom. The Bertz CT molecular complexity index is 3270. The number of benzene rings is 9. The lowest BCUT2D eigenvalue weighted by atomic mass is 10.1. The monoisotopic (exact) mass is 868 g/mol. The molecule has 3 aliphatic rings. The number of amidine groups is 2. The summed E-state index contributed by atoms with van der Waals surface area (Å²) in [6.45, 7) is 4.36. The SMILES string of the molecule is C=NC(=NC(=NCc1ccc(N2c3ccccc3Oc3ccccc32)cc1)c1ccc(N2c3ccccc3Oc3ccccc32)cc1)c1ccc(N2c3ccccc3Oc3ccccc32)cc1. The minimum atomic E-state index is 0.376. The van der Waals surface area contributed by atoms with Gasteiger partial charge >= 0.3 is 0 Å². The van der Waals surface area contributed by atoms with Gasteiger partial charge in [-0.2, -0.15) is 0 Å². The summed E-state index contributed by atoms with van der Waals surface area (Å²) < 4.78 is 18.8. The summed E-state index contributed by atoms with van der Waals surface area (Å²) in [5.41, 5.74) is 11.4. The van der Waals surface area contributed by atoms with Crippen molar-refractivity contribution in [2.24, 2.45) is 15.0 Å². The number of aliphatic imine (C=N–C) groups is 3. The van der Waals surface area contributed by atoms with Gasteiger partial charge in [-0.1, -0.05) is 84.9 Å². The summed E-state index contributed by atoms with van der Waals surface area (Å²) in [5.74, 6) is 5.76. The van der Waals surface area contributed by atoms with E-state index in [1.807, 2.05) is 121 Å². The molecule has 0 radical (unpaired) electrons. The van der Waals surface area contributed by atoms with E-state index in [2.05, 4.69) is 123 Å². The maximum Gasteiger partial charge on any atom is 0.161 e. The lowest BCUT2D eigenvalue weighted by Crippen LogP contribution is -2.16. The van der Waals surface area contributed by atoms with Crippen LogP contribution in [0.5, 0.6) is 34.5 Å². The first-order valence-electron chi connectivity index (χ1n) is 22.0. The topological polar surface area (TPSA) is 74.5 Å². The third kappa shape index (κ3) is 7.21. The molecule has 9 nitrogen and oxygen atoms in total. The van der Waals surface area contributed by atoms with Crippen molar-refractivity contribution in [2.75, 3.05) is 14.7 Å². The molecule has 0 aromatic heterocycles. The van der Waals surface area contributed by atoms with E-state index >= 15 is 0 Å². The summed E-state index contributed by atoms with van der Waals surface area (Å²) in [6.07, 6.45) is 0. The van der Waals surface area contributed by atoms with Crippen LogP contribution in [0.15, 0.2) is 233 Å². The maximum absolute atomic E-state index is 6.30. The van der Waals surface area contributed by atoms with Gasteiger partial charge in [-0.05, 0) is 146 Å². The zero-order chi connectivity index (χ0) is 44.7. The van der Waals surface area contributed by atoms with Crippen molar-refractivity contribution in [1.82, 2.24) is 0 Å². The zero-order valence-corrected chi connectivity index (χ0v) is 36.1. The quantitative estimate of drug-likeness (QED) is 0.117. The molecule has 0 atom stereocenters. The highest BCUT2D eigenvalue weighted by atomic mass is 16.5. The van der Waals surface area contributed by atoms with Gasteiger partial charge in [-0.3, -0.25) is 4.99 Å². The smallest absolute Gasteiger partial charge is 0.161 e. The predicted octanol–water partition coefficient (Wildman–Crippen LogP) is 15.5. The summed E-state index contributed by atoms with van der Waals surface area (Å²) >= 11 is 0. The van der Waals surface area contributed by atoms with Gasteiger partial charge in [0.1, 0.15) is 0 Å². The molecule has 67 heavy (non-hydrogen) atoms. The number of ether oxygens (including phenoxy) is 3. The molecule has 0 spiro atoms. The number of nitrogens with zero attached hydrogens (tertiary/aromatic N) is 6. The van der Waals surface area contributed by atoms with Crippen LogP contribution in [0.4, 0.5) is 51.2 Å². The highest BCUT2D eigenvalue weighted by molar-refractivity contribution is 6.13. The molecule has 9 aromatic carbocycles. The minimum absolute atomic E-state index is 0.376. The first-order chi connectivity index (χ1) is 33.2. The van der Waals surface area contributed by atoms with E-state index in [0.29, 0.717) is 18.2 Å². The molecule has 0 fully saturated rings. The van der Waals surface area contributed by atoms with Crippen LogP contribution >= 0.6 is 0 Å². The summed E-state index contributed by atoms with van der Waals surface area (Å²) in [5, 5.41) is 0. The van der Waals surface area contributed by atoms with E-state index in [9.17, 15) is 0 Å². The number of rotatable bonds is 7. The average Bonchev–Trinajstić information content (AvgIpc) is 3.39. The van der Waals surface area contributed by atoms with Crippen molar-refractivity contribution < 1.29 is 14.2 Å². The van der Waals surface area contributed by atoms with E-state index in [-0.39, 0.29) is 0 Å². The summed E-state index contributed by atoms with van der Waals surface area (Å²) in [7, 11) is 0. The number of fused-ring (bicyclic) bond motifs is 6. The third-order valence-corrected chi connectivity index (χ3v) is 12.0. The van der Waals surface area contributed by atoms with Crippen molar-refractivity contribution in [3.05, 3.63) is 235 Å². The maximum atomic E-state index is 6.30. The molecule has 3 aliphatic heterocycles. The van der Waals surface area contributed by atoms with Gasteiger partial charge in [-0.25, -0.2) is 9.98 Å². The molecule has 12 rings (SSSR count). The number of hydrogen-bond acceptors (Lipinski definition) is 7. The summed E-state index contributed by atoms with van der Waals surface area (Å²) in [4.78, 5) is 21.5.